The van der Waals surface area contributed by atoms with Gasteiger partial charge in [-0.05, 0) is 39.7 Å². The quantitative estimate of drug-likeness (QED) is 0.515. The molecule has 1 rings (SSSR count). The van der Waals surface area contributed by atoms with Crippen LogP contribution in [0.3, 0.4) is 0 Å². The Morgan fingerprint density at radius 1 is 1.63 bits per heavy atom. The molecule has 0 unspecified atom stereocenters. The van der Waals surface area contributed by atoms with Crippen LogP contribution in [-0.2, 0) is 4.79 Å². The van der Waals surface area contributed by atoms with E-state index in [1.54, 1.807) is 31.4 Å². The smallest absolute Gasteiger partial charge is 0.262 e. The molecule has 5 heteroatoms. The first-order valence-corrected chi connectivity index (χ1v) is 6.26. The molecule has 1 aromatic carbocycles. The highest BCUT2D eigenvalue weighted by atomic mass is 79.9. The van der Waals surface area contributed by atoms with Gasteiger partial charge in [0.15, 0.2) is 0 Å². The number of nitrogens with one attached hydrogen (secondary N) is 1. The lowest BCUT2D eigenvalue weighted by molar-refractivity contribution is -0.116. The molecule has 4 nitrogen and oxygen atoms in total. The first kappa shape index (κ1) is 15.0. The minimum atomic E-state index is -0.422. The van der Waals surface area contributed by atoms with Crippen molar-refractivity contribution in [3.05, 3.63) is 46.5 Å². The number of rotatable bonds is 5. The number of hydrogen-bond donors (Lipinski definition) is 1. The SMILES string of the molecule is C=CCNC(=O)/C(C#N)=C\c1ccc(OC)c(Br)c1. The summed E-state index contributed by atoms with van der Waals surface area (Å²) in [5, 5.41) is 11.5. The van der Waals surface area contributed by atoms with Crippen molar-refractivity contribution in [3.63, 3.8) is 0 Å². The Hall–Kier alpha value is -2.06. The van der Waals surface area contributed by atoms with E-state index in [1.165, 1.54) is 6.08 Å². The highest BCUT2D eigenvalue weighted by Gasteiger charge is 2.08. The van der Waals surface area contributed by atoms with Crippen molar-refractivity contribution in [3.8, 4) is 11.8 Å². The molecule has 0 aliphatic carbocycles. The second kappa shape index (κ2) is 7.39. The van der Waals surface area contributed by atoms with Crippen LogP contribution in [0.5, 0.6) is 5.75 Å². The van der Waals surface area contributed by atoms with Crippen LogP contribution in [0.1, 0.15) is 5.56 Å². The van der Waals surface area contributed by atoms with Crippen LogP contribution in [0, 0.1) is 11.3 Å². The van der Waals surface area contributed by atoms with Gasteiger partial charge in [-0.1, -0.05) is 12.1 Å². The lowest BCUT2D eigenvalue weighted by Crippen LogP contribution is -2.24. The standard InChI is InChI=1S/C14H13BrN2O2/c1-3-6-17-14(18)11(9-16)7-10-4-5-13(19-2)12(15)8-10/h3-5,7-8H,1,6H2,2H3,(H,17,18)/b11-7-. The van der Waals surface area contributed by atoms with Crippen molar-refractivity contribution >= 4 is 27.9 Å². The predicted octanol–water partition coefficient (Wildman–Crippen LogP) is 2.67. The third kappa shape index (κ3) is 4.27. The zero-order chi connectivity index (χ0) is 14.3. The topological polar surface area (TPSA) is 62.1 Å². The van der Waals surface area contributed by atoms with E-state index in [4.69, 9.17) is 10.00 Å². The lowest BCUT2D eigenvalue weighted by Gasteiger charge is -2.04. The van der Waals surface area contributed by atoms with Gasteiger partial charge in [-0.3, -0.25) is 4.79 Å². The minimum Gasteiger partial charge on any atom is -0.496 e. The zero-order valence-corrected chi connectivity index (χ0v) is 12.0. The van der Waals surface area contributed by atoms with Gasteiger partial charge >= 0.3 is 0 Å². The second-order valence-electron chi connectivity index (χ2n) is 3.56. The summed E-state index contributed by atoms with van der Waals surface area (Å²) in [6, 6.07) is 7.17. The molecule has 0 spiro atoms. The van der Waals surface area contributed by atoms with Gasteiger partial charge in [0, 0.05) is 6.54 Å². The van der Waals surface area contributed by atoms with Crippen LogP contribution in [0.15, 0.2) is 40.9 Å². The molecular formula is C14H13BrN2O2. The fourth-order valence-corrected chi connectivity index (χ4v) is 1.91. The molecular weight excluding hydrogens is 308 g/mol. The number of nitrogens with zero attached hydrogens (tertiary/aromatic N) is 1. The van der Waals surface area contributed by atoms with Gasteiger partial charge in [0.25, 0.3) is 5.91 Å². The number of methoxy groups -OCH3 is 1. The molecule has 0 aromatic heterocycles. The van der Waals surface area contributed by atoms with Crippen molar-refractivity contribution < 1.29 is 9.53 Å². The minimum absolute atomic E-state index is 0.0407. The third-order valence-electron chi connectivity index (χ3n) is 2.26. The Balaban J connectivity index is 2.98. The second-order valence-corrected chi connectivity index (χ2v) is 4.42. The maximum absolute atomic E-state index is 11.7. The molecule has 1 amide bonds. The largest absolute Gasteiger partial charge is 0.496 e. The number of hydrogen-bond acceptors (Lipinski definition) is 3. The van der Waals surface area contributed by atoms with Gasteiger partial charge in [0.2, 0.25) is 0 Å². The summed E-state index contributed by atoms with van der Waals surface area (Å²) in [6.07, 6.45) is 3.07. The number of benzene rings is 1. The fourth-order valence-electron chi connectivity index (χ4n) is 1.35. The number of nitriles is 1. The molecule has 0 atom stereocenters. The summed E-state index contributed by atoms with van der Waals surface area (Å²) >= 11 is 3.35. The molecule has 98 valence electrons. The van der Waals surface area contributed by atoms with Crippen molar-refractivity contribution in [1.82, 2.24) is 5.32 Å². The Labute approximate surface area is 120 Å². The number of carbonyl (C=O) groups is 1. The average Bonchev–Trinajstić information content (AvgIpc) is 2.42. The number of halogens is 1. The summed E-state index contributed by atoms with van der Waals surface area (Å²) in [6.45, 7) is 3.82. The van der Waals surface area contributed by atoms with Gasteiger partial charge < -0.3 is 10.1 Å². The van der Waals surface area contributed by atoms with E-state index in [9.17, 15) is 4.79 Å². The van der Waals surface area contributed by atoms with E-state index in [1.807, 2.05) is 6.07 Å². The Kier molecular flexibility index (Phi) is 5.83. The molecule has 0 aliphatic heterocycles. The molecule has 0 saturated carbocycles. The molecule has 0 aliphatic rings. The number of ether oxygens (including phenoxy) is 1. The number of amides is 1. The molecule has 1 N–H and O–H groups in total. The van der Waals surface area contributed by atoms with Crippen LogP contribution in [0.25, 0.3) is 6.08 Å². The highest BCUT2D eigenvalue weighted by Crippen LogP contribution is 2.26. The lowest BCUT2D eigenvalue weighted by atomic mass is 10.1. The highest BCUT2D eigenvalue weighted by molar-refractivity contribution is 9.10. The molecule has 0 radical (unpaired) electrons. The summed E-state index contributed by atoms with van der Waals surface area (Å²) in [5.74, 6) is 0.265. The molecule has 0 heterocycles. The Morgan fingerprint density at radius 3 is 2.89 bits per heavy atom. The zero-order valence-electron chi connectivity index (χ0n) is 10.4. The van der Waals surface area contributed by atoms with E-state index in [2.05, 4.69) is 27.8 Å². The monoisotopic (exact) mass is 320 g/mol. The van der Waals surface area contributed by atoms with E-state index in [0.29, 0.717) is 12.3 Å². The summed E-state index contributed by atoms with van der Waals surface area (Å²) in [7, 11) is 1.57. The predicted molar refractivity (Wildman–Crippen MR) is 77.5 cm³/mol. The normalized spacial score (nSPS) is 10.5. The number of carbonyl (C=O) groups excluding carboxylic acids is 1. The van der Waals surface area contributed by atoms with Crippen molar-refractivity contribution in [2.24, 2.45) is 0 Å². The maximum atomic E-state index is 11.7. The van der Waals surface area contributed by atoms with E-state index in [0.717, 1.165) is 10.0 Å². The first-order valence-electron chi connectivity index (χ1n) is 5.46. The van der Waals surface area contributed by atoms with Gasteiger partial charge in [-0.25, -0.2) is 0 Å². The van der Waals surface area contributed by atoms with E-state index < -0.39 is 5.91 Å². The first-order chi connectivity index (χ1) is 9.12. The van der Waals surface area contributed by atoms with E-state index in [-0.39, 0.29) is 5.57 Å². The summed E-state index contributed by atoms with van der Waals surface area (Å²) in [4.78, 5) is 11.7. The summed E-state index contributed by atoms with van der Waals surface area (Å²) < 4.78 is 5.87. The Bertz CT molecular complexity index is 559. The van der Waals surface area contributed by atoms with E-state index >= 15 is 0 Å². The van der Waals surface area contributed by atoms with Gasteiger partial charge in [0.05, 0.1) is 11.6 Å². The maximum Gasteiger partial charge on any atom is 0.262 e. The van der Waals surface area contributed by atoms with Crippen LogP contribution < -0.4 is 10.1 Å². The van der Waals surface area contributed by atoms with Gasteiger partial charge in [-0.15, -0.1) is 6.58 Å². The van der Waals surface area contributed by atoms with Crippen LogP contribution in [0.4, 0.5) is 0 Å². The summed E-state index contributed by atoms with van der Waals surface area (Å²) in [5.41, 5.74) is 0.775. The average molecular weight is 321 g/mol. The third-order valence-corrected chi connectivity index (χ3v) is 2.88. The Morgan fingerprint density at radius 2 is 2.37 bits per heavy atom. The van der Waals surface area contributed by atoms with Crippen LogP contribution >= 0.6 is 15.9 Å². The van der Waals surface area contributed by atoms with Crippen molar-refractivity contribution in [1.29, 1.82) is 5.26 Å². The van der Waals surface area contributed by atoms with Gasteiger partial charge in [-0.2, -0.15) is 5.26 Å². The van der Waals surface area contributed by atoms with Gasteiger partial charge in [0.1, 0.15) is 17.4 Å². The molecule has 1 aromatic rings. The molecule has 0 saturated heterocycles. The molecule has 19 heavy (non-hydrogen) atoms. The van der Waals surface area contributed by atoms with Crippen molar-refractivity contribution in [2.45, 2.75) is 0 Å². The molecule has 0 fully saturated rings. The van der Waals surface area contributed by atoms with Crippen molar-refractivity contribution in [2.75, 3.05) is 13.7 Å². The molecule has 0 bridgehead atoms. The van der Waals surface area contributed by atoms with Crippen LogP contribution in [0.2, 0.25) is 0 Å². The van der Waals surface area contributed by atoms with Crippen LogP contribution in [-0.4, -0.2) is 19.6 Å². The fraction of sp³-hybridized carbons (Fsp3) is 0.143.